The first-order valence-electron chi connectivity index (χ1n) is 20.1. The number of hydrogen-bond donors (Lipinski definition) is 0. The molecule has 10 rings (SSSR count). The number of thiophene rings is 1. The van der Waals surface area contributed by atoms with Crippen LogP contribution in [0, 0.1) is 0 Å². The third kappa shape index (κ3) is 6.68. The second-order valence-electron chi connectivity index (χ2n) is 15.3. The lowest BCUT2D eigenvalue weighted by molar-refractivity contribution is 0.660. The van der Waals surface area contributed by atoms with Gasteiger partial charge in [0.15, 0.2) is 0 Å². The fraction of sp³-hybridized carbons (Fsp3) is 0.0909. The van der Waals surface area contributed by atoms with E-state index < -0.39 is 0 Å². The molecule has 8 aromatic carbocycles. The van der Waals surface area contributed by atoms with Crippen molar-refractivity contribution in [2.75, 3.05) is 9.80 Å². The number of hydrogen-bond acceptors (Lipinski definition) is 3. The van der Waals surface area contributed by atoms with Crippen LogP contribution >= 0.6 is 11.3 Å². The summed E-state index contributed by atoms with van der Waals surface area (Å²) in [6, 6.07) is 70.6. The lowest BCUT2D eigenvalue weighted by atomic mass is 9.82. The zero-order valence-corrected chi connectivity index (χ0v) is 34.2. The molecule has 0 bridgehead atoms. The van der Waals surface area contributed by atoms with Crippen molar-refractivity contribution in [2.45, 2.75) is 33.1 Å². The van der Waals surface area contributed by atoms with Gasteiger partial charge in [-0.15, -0.1) is 11.3 Å². The topological polar surface area (TPSA) is 6.48 Å². The van der Waals surface area contributed by atoms with Gasteiger partial charge in [-0.05, 0) is 126 Å². The Morgan fingerprint density at radius 1 is 0.397 bits per heavy atom. The largest absolute Gasteiger partial charge is 0.311 e. The zero-order chi connectivity index (χ0) is 39.6. The Kier molecular flexibility index (Phi) is 9.99. The van der Waals surface area contributed by atoms with Crippen molar-refractivity contribution in [1.29, 1.82) is 0 Å². The number of nitrogens with zero attached hydrogens (tertiary/aromatic N) is 2. The predicted octanol–water partition coefficient (Wildman–Crippen LogP) is 16.5. The molecule has 1 heterocycles. The fourth-order valence-corrected chi connectivity index (χ4v) is 9.63. The Morgan fingerprint density at radius 3 is 1.50 bits per heavy atom. The SMILES string of the molecule is C/C=C\C.CC1(C)c2ccccc2-c2ccc(N(c3ccc(-c4cccc5c4sc4ccccc45)cc3)c3ccc(N(c4ccccc4)c4ccccc4)cc3)cc21. The molecule has 2 nitrogen and oxygen atoms in total. The van der Waals surface area contributed by atoms with Gasteiger partial charge in [-0.25, -0.2) is 0 Å². The standard InChI is InChI=1S/C51H38N2S.C4H8/c1-51(2)47-22-11-9-18-43(47)44-33-32-41(34-48(44)51)53(40-30-28-39(29-31-40)52(36-14-5-3-6-15-36)37-16-7-4-8-17-37)38-26-24-35(25-27-38)42-20-13-21-46-45-19-10-12-23-49(45)54-50(42)46;1-3-4-2/h3-34H,1-2H3;3-4H,1-2H3/b;4-3-. The van der Waals surface area contributed by atoms with Crippen LogP contribution < -0.4 is 9.80 Å². The highest BCUT2D eigenvalue weighted by molar-refractivity contribution is 7.26. The van der Waals surface area contributed by atoms with Gasteiger partial charge in [0, 0.05) is 59.7 Å². The molecular weight excluding hydrogens is 721 g/mol. The van der Waals surface area contributed by atoms with E-state index in [-0.39, 0.29) is 5.41 Å². The first kappa shape index (κ1) is 36.9. The molecule has 1 aliphatic rings. The lowest BCUT2D eigenvalue weighted by Crippen LogP contribution is -2.16. The highest BCUT2D eigenvalue weighted by Gasteiger charge is 2.35. The summed E-state index contributed by atoms with van der Waals surface area (Å²) >= 11 is 1.88. The van der Waals surface area contributed by atoms with Gasteiger partial charge in [0.1, 0.15) is 0 Å². The lowest BCUT2D eigenvalue weighted by Gasteiger charge is -2.29. The molecule has 58 heavy (non-hydrogen) atoms. The molecule has 0 fully saturated rings. The Labute approximate surface area is 346 Å². The molecular formula is C55H46N2S. The van der Waals surface area contributed by atoms with Crippen molar-refractivity contribution in [3.8, 4) is 22.3 Å². The molecule has 9 aromatic rings. The summed E-state index contributed by atoms with van der Waals surface area (Å²) in [5.41, 5.74) is 14.5. The first-order chi connectivity index (χ1) is 28.5. The van der Waals surface area contributed by atoms with Crippen LogP contribution in [0.25, 0.3) is 42.4 Å². The van der Waals surface area contributed by atoms with Crippen LogP contribution in [0.2, 0.25) is 0 Å². The van der Waals surface area contributed by atoms with E-state index >= 15 is 0 Å². The van der Waals surface area contributed by atoms with Crippen LogP contribution in [0.15, 0.2) is 206 Å². The number of anilines is 6. The van der Waals surface area contributed by atoms with E-state index in [1.165, 1.54) is 53.6 Å². The van der Waals surface area contributed by atoms with Crippen LogP contribution in [-0.4, -0.2) is 0 Å². The van der Waals surface area contributed by atoms with Gasteiger partial charge in [0.05, 0.1) is 0 Å². The Hall–Kier alpha value is -6.68. The Bertz CT molecular complexity index is 2830. The average Bonchev–Trinajstić information content (AvgIpc) is 3.77. The minimum absolute atomic E-state index is 0.101. The second-order valence-corrected chi connectivity index (χ2v) is 16.3. The van der Waals surface area contributed by atoms with Crippen molar-refractivity contribution in [1.82, 2.24) is 0 Å². The van der Waals surface area contributed by atoms with Gasteiger partial charge in [0.2, 0.25) is 0 Å². The highest BCUT2D eigenvalue weighted by Crippen LogP contribution is 2.51. The minimum Gasteiger partial charge on any atom is -0.311 e. The van der Waals surface area contributed by atoms with E-state index in [1.807, 2.05) is 37.3 Å². The summed E-state index contributed by atoms with van der Waals surface area (Å²) in [7, 11) is 0. The molecule has 0 aliphatic heterocycles. The molecule has 0 saturated carbocycles. The third-order valence-corrected chi connectivity index (χ3v) is 12.6. The van der Waals surface area contributed by atoms with Crippen LogP contribution in [0.5, 0.6) is 0 Å². The van der Waals surface area contributed by atoms with E-state index in [1.54, 1.807) is 0 Å². The monoisotopic (exact) mass is 766 g/mol. The summed E-state index contributed by atoms with van der Waals surface area (Å²) in [6.07, 6.45) is 4.00. The zero-order valence-electron chi connectivity index (χ0n) is 33.4. The molecule has 0 atom stereocenters. The van der Waals surface area contributed by atoms with Crippen LogP contribution in [-0.2, 0) is 5.41 Å². The molecule has 0 spiro atoms. The summed E-state index contributed by atoms with van der Waals surface area (Å²) in [4.78, 5) is 4.72. The molecule has 0 N–H and O–H groups in total. The fourth-order valence-electron chi connectivity index (χ4n) is 8.40. The number of fused-ring (bicyclic) bond motifs is 6. The number of para-hydroxylation sites is 2. The molecule has 282 valence electrons. The smallest absolute Gasteiger partial charge is 0.0465 e. The van der Waals surface area contributed by atoms with Gasteiger partial charge < -0.3 is 9.80 Å². The third-order valence-electron chi connectivity index (χ3n) is 11.4. The number of rotatable bonds is 7. The van der Waals surface area contributed by atoms with Crippen molar-refractivity contribution in [3.05, 3.63) is 217 Å². The molecule has 0 amide bonds. The van der Waals surface area contributed by atoms with Gasteiger partial charge in [-0.3, -0.25) is 0 Å². The molecule has 0 saturated heterocycles. The molecule has 1 aliphatic carbocycles. The maximum Gasteiger partial charge on any atom is 0.0465 e. The Balaban J connectivity index is 0.00000104. The molecule has 0 radical (unpaired) electrons. The molecule has 0 unspecified atom stereocenters. The summed E-state index contributed by atoms with van der Waals surface area (Å²) in [5, 5.41) is 2.64. The van der Waals surface area contributed by atoms with E-state index in [2.05, 4.69) is 218 Å². The number of allylic oxidation sites excluding steroid dienone is 2. The van der Waals surface area contributed by atoms with Gasteiger partial charge in [-0.1, -0.05) is 141 Å². The van der Waals surface area contributed by atoms with Gasteiger partial charge >= 0.3 is 0 Å². The van der Waals surface area contributed by atoms with E-state index in [9.17, 15) is 0 Å². The van der Waals surface area contributed by atoms with Crippen molar-refractivity contribution < 1.29 is 0 Å². The Morgan fingerprint density at radius 2 is 0.862 bits per heavy atom. The second kappa shape index (κ2) is 15.7. The predicted molar refractivity (Wildman–Crippen MR) is 252 cm³/mol. The maximum atomic E-state index is 2.41. The quantitative estimate of drug-likeness (QED) is 0.149. The average molecular weight is 767 g/mol. The van der Waals surface area contributed by atoms with Gasteiger partial charge in [-0.2, -0.15) is 0 Å². The van der Waals surface area contributed by atoms with Crippen LogP contribution in [0.3, 0.4) is 0 Å². The first-order valence-corrected chi connectivity index (χ1v) is 20.9. The van der Waals surface area contributed by atoms with Gasteiger partial charge in [0.25, 0.3) is 0 Å². The summed E-state index contributed by atoms with van der Waals surface area (Å²) in [6.45, 7) is 8.71. The van der Waals surface area contributed by atoms with Crippen molar-refractivity contribution in [2.24, 2.45) is 0 Å². The number of benzene rings is 8. The normalized spacial score (nSPS) is 12.6. The van der Waals surface area contributed by atoms with E-state index in [0.717, 1.165) is 34.1 Å². The maximum absolute atomic E-state index is 2.41. The highest BCUT2D eigenvalue weighted by atomic mass is 32.1. The van der Waals surface area contributed by atoms with Crippen molar-refractivity contribution >= 4 is 65.6 Å². The molecule has 3 heteroatoms. The van der Waals surface area contributed by atoms with Crippen molar-refractivity contribution in [3.63, 3.8) is 0 Å². The van der Waals surface area contributed by atoms with Crippen LogP contribution in [0.4, 0.5) is 34.1 Å². The summed E-state index contributed by atoms with van der Waals surface area (Å²) in [5.74, 6) is 0. The summed E-state index contributed by atoms with van der Waals surface area (Å²) < 4.78 is 2.66. The minimum atomic E-state index is -0.101. The van der Waals surface area contributed by atoms with E-state index in [0.29, 0.717) is 0 Å². The van der Waals surface area contributed by atoms with E-state index in [4.69, 9.17) is 0 Å². The van der Waals surface area contributed by atoms with Crippen LogP contribution in [0.1, 0.15) is 38.8 Å². The molecule has 1 aromatic heterocycles.